The summed E-state index contributed by atoms with van der Waals surface area (Å²) in [5.74, 6) is 1.46. The number of carbonyl (C=O) groups is 1. The lowest BCUT2D eigenvalue weighted by Crippen LogP contribution is -2.29. The van der Waals surface area contributed by atoms with Gasteiger partial charge in [-0.3, -0.25) is 4.79 Å². The highest BCUT2D eigenvalue weighted by Crippen LogP contribution is 2.40. The minimum absolute atomic E-state index is 0.0867. The number of benzene rings is 1. The van der Waals surface area contributed by atoms with Gasteiger partial charge in [0.1, 0.15) is 0 Å². The fraction of sp³-hybridized carbons (Fsp3) is 0.524. The number of rotatable bonds is 9. The minimum atomic E-state index is -0.108. The van der Waals surface area contributed by atoms with Gasteiger partial charge in [0.05, 0.1) is 36.6 Å². The number of hydrogen-bond acceptors (Lipinski definition) is 6. The number of aryl methyl sites for hydroxylation is 2. The summed E-state index contributed by atoms with van der Waals surface area (Å²) in [6.45, 7) is 13.1. The SMILES string of the molecule is CCOc1cc(C(=O)N(C)C(C)c2sc(C)nc2C)cc(OCC)c1OCC. The Morgan fingerprint density at radius 3 is 2.04 bits per heavy atom. The van der Waals surface area contributed by atoms with Crippen LogP contribution in [0.5, 0.6) is 17.2 Å². The van der Waals surface area contributed by atoms with Gasteiger partial charge in [0.25, 0.3) is 5.91 Å². The van der Waals surface area contributed by atoms with Gasteiger partial charge in [-0.15, -0.1) is 11.3 Å². The molecule has 6 nitrogen and oxygen atoms in total. The second-order valence-corrected chi connectivity index (χ2v) is 7.61. The molecule has 0 aliphatic heterocycles. The molecule has 0 aliphatic carbocycles. The smallest absolute Gasteiger partial charge is 0.254 e. The molecule has 1 amide bonds. The molecule has 0 spiro atoms. The van der Waals surface area contributed by atoms with Crippen LogP contribution in [-0.2, 0) is 0 Å². The normalized spacial score (nSPS) is 11.8. The number of aromatic nitrogens is 1. The van der Waals surface area contributed by atoms with Crippen LogP contribution < -0.4 is 14.2 Å². The van der Waals surface area contributed by atoms with Crippen LogP contribution in [0.2, 0.25) is 0 Å². The van der Waals surface area contributed by atoms with Crippen molar-refractivity contribution in [2.24, 2.45) is 0 Å². The zero-order valence-corrected chi connectivity index (χ0v) is 18.6. The van der Waals surface area contributed by atoms with Crippen molar-refractivity contribution in [2.45, 2.75) is 47.6 Å². The van der Waals surface area contributed by atoms with Crippen LogP contribution in [0.1, 0.15) is 59.7 Å². The maximum Gasteiger partial charge on any atom is 0.254 e. The predicted molar refractivity (Wildman–Crippen MR) is 112 cm³/mol. The highest BCUT2D eigenvalue weighted by Gasteiger charge is 2.25. The molecule has 1 aromatic carbocycles. The molecular weight excluding hydrogens is 376 g/mol. The zero-order chi connectivity index (χ0) is 20.8. The first kappa shape index (κ1) is 22.0. The van der Waals surface area contributed by atoms with Gasteiger partial charge >= 0.3 is 0 Å². The number of nitrogens with zero attached hydrogens (tertiary/aromatic N) is 2. The van der Waals surface area contributed by atoms with Crippen LogP contribution in [0.15, 0.2) is 12.1 Å². The van der Waals surface area contributed by atoms with Gasteiger partial charge in [-0.25, -0.2) is 4.98 Å². The van der Waals surface area contributed by atoms with E-state index in [2.05, 4.69) is 4.98 Å². The monoisotopic (exact) mass is 406 g/mol. The van der Waals surface area contributed by atoms with Crippen LogP contribution >= 0.6 is 11.3 Å². The molecule has 0 fully saturated rings. The van der Waals surface area contributed by atoms with Gasteiger partial charge in [-0.2, -0.15) is 0 Å². The predicted octanol–water partition coefficient (Wildman–Crippen LogP) is 4.79. The molecule has 1 aromatic heterocycles. The average molecular weight is 407 g/mol. The molecule has 0 saturated heterocycles. The molecule has 2 aromatic rings. The number of thiazole rings is 1. The molecule has 7 heteroatoms. The van der Waals surface area contributed by atoms with Crippen molar-refractivity contribution in [1.29, 1.82) is 0 Å². The van der Waals surface area contributed by atoms with Gasteiger partial charge < -0.3 is 19.1 Å². The van der Waals surface area contributed by atoms with Crippen LogP contribution in [-0.4, -0.2) is 42.7 Å². The molecule has 0 N–H and O–H groups in total. The molecular formula is C21H30N2O4S. The van der Waals surface area contributed by atoms with Gasteiger partial charge in [-0.05, 0) is 53.7 Å². The second-order valence-electron chi connectivity index (χ2n) is 6.38. The fourth-order valence-electron chi connectivity index (χ4n) is 3.00. The number of amides is 1. The summed E-state index contributed by atoms with van der Waals surface area (Å²) >= 11 is 1.62. The Labute approximate surface area is 171 Å². The number of hydrogen-bond donors (Lipinski definition) is 0. The summed E-state index contributed by atoms with van der Waals surface area (Å²) in [7, 11) is 1.80. The lowest BCUT2D eigenvalue weighted by molar-refractivity contribution is 0.0743. The van der Waals surface area contributed by atoms with Crippen molar-refractivity contribution in [2.75, 3.05) is 26.9 Å². The minimum Gasteiger partial charge on any atom is -0.490 e. The van der Waals surface area contributed by atoms with Gasteiger partial charge in [0.2, 0.25) is 5.75 Å². The van der Waals surface area contributed by atoms with E-state index in [4.69, 9.17) is 14.2 Å². The third-order valence-corrected chi connectivity index (χ3v) is 5.62. The van der Waals surface area contributed by atoms with Crippen LogP contribution in [0, 0.1) is 13.8 Å². The van der Waals surface area contributed by atoms with Crippen LogP contribution in [0.25, 0.3) is 0 Å². The Kier molecular flexibility index (Phi) is 7.69. The standard InChI is InChI=1S/C21H30N2O4S/c1-8-25-17-11-16(12-18(26-9-2)19(17)27-10-3)21(24)23(7)14(5)20-13(4)22-15(6)28-20/h11-12,14H,8-10H2,1-7H3. The second kappa shape index (κ2) is 9.78. The maximum atomic E-state index is 13.2. The highest BCUT2D eigenvalue weighted by atomic mass is 32.1. The van der Waals surface area contributed by atoms with E-state index < -0.39 is 0 Å². The van der Waals surface area contributed by atoms with E-state index >= 15 is 0 Å². The maximum absolute atomic E-state index is 13.2. The topological polar surface area (TPSA) is 60.9 Å². The van der Waals surface area contributed by atoms with Gasteiger partial charge in [0, 0.05) is 17.5 Å². The number of carbonyl (C=O) groups excluding carboxylic acids is 1. The fourth-order valence-corrected chi connectivity index (χ4v) is 4.03. The molecule has 1 heterocycles. The van der Waals surface area contributed by atoms with Crippen molar-refractivity contribution in [3.8, 4) is 17.2 Å². The largest absolute Gasteiger partial charge is 0.490 e. The molecule has 0 radical (unpaired) electrons. The lowest BCUT2D eigenvalue weighted by Gasteiger charge is -2.25. The Bertz CT molecular complexity index is 792. The number of ether oxygens (including phenoxy) is 3. The van der Waals surface area contributed by atoms with E-state index in [0.29, 0.717) is 42.6 Å². The molecule has 0 bridgehead atoms. The Morgan fingerprint density at radius 2 is 1.61 bits per heavy atom. The van der Waals surface area contributed by atoms with E-state index in [1.165, 1.54) is 0 Å². The quantitative estimate of drug-likeness (QED) is 0.599. The Morgan fingerprint density at radius 1 is 1.07 bits per heavy atom. The zero-order valence-electron chi connectivity index (χ0n) is 17.8. The third kappa shape index (κ3) is 4.76. The summed E-state index contributed by atoms with van der Waals surface area (Å²) in [6.07, 6.45) is 0. The molecule has 0 aliphatic rings. The molecule has 0 saturated carbocycles. The van der Waals surface area contributed by atoms with Crippen LogP contribution in [0.3, 0.4) is 0 Å². The third-order valence-electron chi connectivity index (χ3n) is 4.38. The van der Waals surface area contributed by atoms with E-state index in [-0.39, 0.29) is 11.9 Å². The summed E-state index contributed by atoms with van der Waals surface area (Å²) < 4.78 is 17.2. The molecule has 1 unspecified atom stereocenters. The van der Waals surface area contributed by atoms with Gasteiger partial charge in [0.15, 0.2) is 11.5 Å². The summed E-state index contributed by atoms with van der Waals surface area (Å²) in [5, 5.41) is 0.999. The first-order valence-corrected chi connectivity index (χ1v) is 10.4. The molecule has 1 atom stereocenters. The first-order valence-electron chi connectivity index (χ1n) is 9.61. The van der Waals surface area contributed by atoms with E-state index in [1.54, 1.807) is 35.4 Å². The van der Waals surface area contributed by atoms with Crippen molar-refractivity contribution in [1.82, 2.24) is 9.88 Å². The van der Waals surface area contributed by atoms with E-state index in [0.717, 1.165) is 15.6 Å². The van der Waals surface area contributed by atoms with Crippen molar-refractivity contribution < 1.29 is 19.0 Å². The summed E-state index contributed by atoms with van der Waals surface area (Å²) in [6, 6.07) is 3.37. The van der Waals surface area contributed by atoms with E-state index in [1.807, 2.05) is 41.5 Å². The van der Waals surface area contributed by atoms with E-state index in [9.17, 15) is 4.79 Å². The van der Waals surface area contributed by atoms with Crippen LogP contribution in [0.4, 0.5) is 0 Å². The lowest BCUT2D eigenvalue weighted by atomic mass is 10.1. The van der Waals surface area contributed by atoms with Gasteiger partial charge in [-0.1, -0.05) is 0 Å². The van der Waals surface area contributed by atoms with Crippen molar-refractivity contribution in [3.05, 3.63) is 33.3 Å². The Hall–Kier alpha value is -2.28. The van der Waals surface area contributed by atoms with Crippen molar-refractivity contribution >= 4 is 17.2 Å². The summed E-state index contributed by atoms with van der Waals surface area (Å²) in [5.41, 5.74) is 1.47. The molecule has 2 rings (SSSR count). The van der Waals surface area contributed by atoms with Crippen molar-refractivity contribution in [3.63, 3.8) is 0 Å². The molecule has 154 valence electrons. The first-order chi connectivity index (χ1) is 13.3. The Balaban J connectivity index is 2.41. The summed E-state index contributed by atoms with van der Waals surface area (Å²) in [4.78, 5) is 20.5. The average Bonchev–Trinajstić information content (AvgIpc) is 3.00. The highest BCUT2D eigenvalue weighted by molar-refractivity contribution is 7.11. The molecule has 28 heavy (non-hydrogen) atoms.